The summed E-state index contributed by atoms with van der Waals surface area (Å²) in [6, 6.07) is 9.79. The molecule has 1 fully saturated rings. The zero-order valence-electron chi connectivity index (χ0n) is 17.2. The maximum Gasteiger partial charge on any atom is 0.405 e. The number of halogens is 4. The van der Waals surface area contributed by atoms with Crippen molar-refractivity contribution in [2.45, 2.75) is 25.9 Å². The zero-order chi connectivity index (χ0) is 22.7. The first-order valence-electron chi connectivity index (χ1n) is 9.91. The van der Waals surface area contributed by atoms with E-state index in [1.54, 1.807) is 28.7 Å². The number of fused-ring (bicyclic) bond motifs is 3. The van der Waals surface area contributed by atoms with E-state index in [4.69, 9.17) is 0 Å². The van der Waals surface area contributed by atoms with E-state index < -0.39 is 17.4 Å². The Kier molecular flexibility index (Phi) is 4.38. The van der Waals surface area contributed by atoms with Crippen molar-refractivity contribution in [2.24, 2.45) is 5.41 Å². The van der Waals surface area contributed by atoms with Crippen LogP contribution in [0.5, 0.6) is 0 Å². The lowest BCUT2D eigenvalue weighted by atomic mass is 10.1. The molecule has 0 saturated heterocycles. The smallest absolute Gasteiger partial charge is 0.329 e. The summed E-state index contributed by atoms with van der Waals surface area (Å²) in [6.07, 6.45) is -2.88. The number of hydrogen-bond donors (Lipinski definition) is 0. The van der Waals surface area contributed by atoms with Crippen LogP contribution in [-0.2, 0) is 0 Å². The van der Waals surface area contributed by atoms with E-state index in [9.17, 15) is 17.6 Å². The van der Waals surface area contributed by atoms with E-state index in [0.29, 0.717) is 17.3 Å². The van der Waals surface area contributed by atoms with Crippen LogP contribution in [0, 0.1) is 30.0 Å². The molecular weight excluding hydrogens is 422 g/mol. The fourth-order valence-corrected chi connectivity index (χ4v) is 3.67. The third-order valence-corrected chi connectivity index (χ3v) is 5.72. The van der Waals surface area contributed by atoms with E-state index in [1.165, 1.54) is 6.07 Å². The predicted octanol–water partition coefficient (Wildman–Crippen LogP) is 5.19. The highest BCUT2D eigenvalue weighted by Gasteiger charge is 2.62. The Morgan fingerprint density at radius 3 is 2.62 bits per heavy atom. The van der Waals surface area contributed by atoms with Crippen LogP contribution in [0.3, 0.4) is 0 Å². The average Bonchev–Trinajstić information content (AvgIpc) is 3.40. The van der Waals surface area contributed by atoms with Crippen LogP contribution in [0.2, 0.25) is 0 Å². The quantitative estimate of drug-likeness (QED) is 0.319. The summed E-state index contributed by atoms with van der Waals surface area (Å²) >= 11 is 0. The summed E-state index contributed by atoms with van der Waals surface area (Å²) in [6.45, 7) is 1.96. The second-order valence-corrected chi connectivity index (χ2v) is 8.04. The Morgan fingerprint density at radius 1 is 1.12 bits per heavy atom. The van der Waals surface area contributed by atoms with Crippen LogP contribution in [0.15, 0.2) is 42.7 Å². The van der Waals surface area contributed by atoms with E-state index in [2.05, 4.69) is 27.0 Å². The molecule has 2 heterocycles. The number of nitrogens with zero attached hydrogens (tertiary/aromatic N) is 5. The summed E-state index contributed by atoms with van der Waals surface area (Å²) in [5, 5.41) is 8.73. The molecule has 1 saturated carbocycles. The molecule has 32 heavy (non-hydrogen) atoms. The van der Waals surface area contributed by atoms with Gasteiger partial charge in [-0.05, 0) is 55.7 Å². The van der Waals surface area contributed by atoms with Crippen molar-refractivity contribution < 1.29 is 17.6 Å². The third kappa shape index (κ3) is 3.32. The van der Waals surface area contributed by atoms with Gasteiger partial charge in [-0.15, -0.1) is 10.2 Å². The minimum absolute atomic E-state index is 0.0285. The van der Waals surface area contributed by atoms with Crippen LogP contribution in [0.1, 0.15) is 24.0 Å². The molecule has 4 aromatic rings. The van der Waals surface area contributed by atoms with Crippen molar-refractivity contribution in [3.63, 3.8) is 0 Å². The topological polar surface area (TPSA) is 46.3 Å². The Balaban J connectivity index is 1.60. The SMILES string of the molecule is Cc1ccc2c(N(C)c3cc(F)cc(C#CC4(C(F)(F)F)CC4)c3)nc3nncn3c2c1. The van der Waals surface area contributed by atoms with Crippen LogP contribution < -0.4 is 4.90 Å². The molecule has 2 aromatic heterocycles. The van der Waals surface area contributed by atoms with Crippen molar-refractivity contribution >= 4 is 28.2 Å². The highest BCUT2D eigenvalue weighted by molar-refractivity contribution is 5.93. The predicted molar refractivity (Wildman–Crippen MR) is 112 cm³/mol. The fourth-order valence-electron chi connectivity index (χ4n) is 3.67. The maximum absolute atomic E-state index is 14.4. The Bertz CT molecular complexity index is 1420. The van der Waals surface area contributed by atoms with Gasteiger partial charge in [0.2, 0.25) is 0 Å². The van der Waals surface area contributed by atoms with E-state index in [1.807, 2.05) is 25.1 Å². The minimum Gasteiger partial charge on any atom is -0.329 e. The van der Waals surface area contributed by atoms with Gasteiger partial charge in [0.15, 0.2) is 0 Å². The summed E-state index contributed by atoms with van der Waals surface area (Å²) in [7, 11) is 1.71. The molecule has 0 aliphatic heterocycles. The molecule has 5 rings (SSSR count). The van der Waals surface area contributed by atoms with Gasteiger partial charge in [0.1, 0.15) is 23.4 Å². The zero-order valence-corrected chi connectivity index (χ0v) is 17.2. The summed E-state index contributed by atoms with van der Waals surface area (Å²) < 4.78 is 55.7. The lowest BCUT2D eigenvalue weighted by Gasteiger charge is -2.21. The van der Waals surface area contributed by atoms with Crippen molar-refractivity contribution in [2.75, 3.05) is 11.9 Å². The molecule has 0 spiro atoms. The highest BCUT2D eigenvalue weighted by atomic mass is 19.4. The van der Waals surface area contributed by atoms with Crippen LogP contribution in [0.25, 0.3) is 16.7 Å². The molecule has 9 heteroatoms. The molecule has 0 N–H and O–H groups in total. The standard InChI is InChI=1S/C23H17F4N5/c1-14-3-4-18-19(9-14)32-13-28-30-21(32)29-20(18)31(2)17-11-15(10-16(24)12-17)5-6-22(7-8-22)23(25,26)27/h3-4,9-13H,7-8H2,1-2H3. The Morgan fingerprint density at radius 2 is 1.91 bits per heavy atom. The molecule has 0 bridgehead atoms. The monoisotopic (exact) mass is 439 g/mol. The number of alkyl halides is 3. The molecule has 0 atom stereocenters. The Hall–Kier alpha value is -3.67. The second kappa shape index (κ2) is 6.92. The van der Waals surface area contributed by atoms with Gasteiger partial charge in [0, 0.05) is 23.7 Å². The first-order chi connectivity index (χ1) is 15.2. The fraction of sp³-hybridized carbons (Fsp3) is 0.261. The molecule has 0 radical (unpaired) electrons. The number of aromatic nitrogens is 4. The summed E-state index contributed by atoms with van der Waals surface area (Å²) in [4.78, 5) is 6.23. The highest BCUT2D eigenvalue weighted by Crippen LogP contribution is 2.57. The van der Waals surface area contributed by atoms with Crippen LogP contribution in [0.4, 0.5) is 29.1 Å². The van der Waals surface area contributed by atoms with E-state index >= 15 is 0 Å². The van der Waals surface area contributed by atoms with Gasteiger partial charge in [0.05, 0.1) is 5.52 Å². The minimum atomic E-state index is -4.39. The van der Waals surface area contributed by atoms with Gasteiger partial charge in [-0.25, -0.2) is 4.39 Å². The molecule has 0 amide bonds. The summed E-state index contributed by atoms with van der Waals surface area (Å²) in [5.41, 5.74) is 0.476. The first kappa shape index (κ1) is 20.2. The lowest BCUT2D eigenvalue weighted by molar-refractivity contribution is -0.168. The van der Waals surface area contributed by atoms with Gasteiger partial charge in [-0.2, -0.15) is 18.2 Å². The van der Waals surface area contributed by atoms with Crippen molar-refractivity contribution in [1.82, 2.24) is 19.6 Å². The molecule has 162 valence electrons. The summed E-state index contributed by atoms with van der Waals surface area (Å²) in [5.74, 6) is 5.14. The van der Waals surface area contributed by atoms with Gasteiger partial charge < -0.3 is 4.90 Å². The van der Waals surface area contributed by atoms with Crippen molar-refractivity contribution in [1.29, 1.82) is 0 Å². The first-order valence-corrected chi connectivity index (χ1v) is 9.91. The van der Waals surface area contributed by atoms with Crippen LogP contribution >= 0.6 is 0 Å². The molecule has 1 aliphatic rings. The van der Waals surface area contributed by atoms with Crippen molar-refractivity contribution in [3.05, 3.63) is 59.7 Å². The average molecular weight is 439 g/mol. The van der Waals surface area contributed by atoms with E-state index in [-0.39, 0.29) is 18.4 Å². The van der Waals surface area contributed by atoms with Gasteiger partial charge in [0.25, 0.3) is 5.78 Å². The number of anilines is 2. The van der Waals surface area contributed by atoms with Gasteiger partial charge >= 0.3 is 6.18 Å². The van der Waals surface area contributed by atoms with Crippen LogP contribution in [-0.4, -0.2) is 32.8 Å². The van der Waals surface area contributed by atoms with Crippen molar-refractivity contribution in [3.8, 4) is 11.8 Å². The largest absolute Gasteiger partial charge is 0.405 e. The molecule has 2 aromatic carbocycles. The molecule has 5 nitrogen and oxygen atoms in total. The number of hydrogen-bond acceptors (Lipinski definition) is 4. The second-order valence-electron chi connectivity index (χ2n) is 8.04. The normalized spacial score (nSPS) is 14.9. The number of benzene rings is 2. The maximum atomic E-state index is 14.4. The third-order valence-electron chi connectivity index (χ3n) is 5.72. The van der Waals surface area contributed by atoms with Gasteiger partial charge in [-0.3, -0.25) is 4.40 Å². The molecule has 1 aliphatic carbocycles. The number of aryl methyl sites for hydroxylation is 1. The molecule has 0 unspecified atom stereocenters. The Labute approximate surface area is 180 Å². The lowest BCUT2D eigenvalue weighted by Crippen LogP contribution is -2.22. The number of rotatable bonds is 2. The van der Waals surface area contributed by atoms with E-state index in [0.717, 1.165) is 22.5 Å². The van der Waals surface area contributed by atoms with Gasteiger partial charge in [-0.1, -0.05) is 17.9 Å². The molecular formula is C23H17F4N5.